The molecule has 0 spiro atoms. The highest BCUT2D eigenvalue weighted by Gasteiger charge is 2.06. The first-order valence-corrected chi connectivity index (χ1v) is 6.48. The lowest BCUT2D eigenvalue weighted by atomic mass is 10.1. The molecular formula is C14H14N2OS. The average molecular weight is 258 g/mol. The van der Waals surface area contributed by atoms with Crippen LogP contribution in [0.15, 0.2) is 18.2 Å². The molecule has 18 heavy (non-hydrogen) atoms. The summed E-state index contributed by atoms with van der Waals surface area (Å²) in [5.74, 6) is 0.750. The van der Waals surface area contributed by atoms with E-state index >= 15 is 0 Å². The summed E-state index contributed by atoms with van der Waals surface area (Å²) in [5.41, 5.74) is 2.70. The molecule has 0 saturated heterocycles. The molecule has 1 aromatic heterocycles. The number of benzene rings is 1. The number of thiazole rings is 1. The molecule has 0 bridgehead atoms. The van der Waals surface area contributed by atoms with Crippen molar-refractivity contribution >= 4 is 11.3 Å². The zero-order chi connectivity index (χ0) is 13.1. The Morgan fingerprint density at radius 3 is 2.72 bits per heavy atom. The van der Waals surface area contributed by atoms with Crippen molar-refractivity contribution in [2.45, 2.75) is 27.4 Å². The molecule has 92 valence electrons. The number of rotatable bonds is 3. The Hall–Kier alpha value is -1.86. The Morgan fingerprint density at radius 1 is 1.33 bits per heavy atom. The molecule has 0 N–H and O–H groups in total. The quantitative estimate of drug-likeness (QED) is 0.846. The van der Waals surface area contributed by atoms with Crippen LogP contribution >= 0.6 is 11.3 Å². The highest BCUT2D eigenvalue weighted by molar-refractivity contribution is 7.11. The normalized spacial score (nSPS) is 10.1. The van der Waals surface area contributed by atoms with Gasteiger partial charge in [-0.05, 0) is 38.5 Å². The number of aromatic nitrogens is 1. The number of nitrogens with zero attached hydrogens (tertiary/aromatic N) is 2. The zero-order valence-corrected chi connectivity index (χ0v) is 11.5. The van der Waals surface area contributed by atoms with Gasteiger partial charge >= 0.3 is 0 Å². The first-order valence-electron chi connectivity index (χ1n) is 5.66. The third kappa shape index (κ3) is 2.69. The van der Waals surface area contributed by atoms with Crippen molar-refractivity contribution in [1.29, 1.82) is 5.26 Å². The maximum absolute atomic E-state index is 8.86. The van der Waals surface area contributed by atoms with E-state index < -0.39 is 0 Å². The molecule has 2 rings (SSSR count). The van der Waals surface area contributed by atoms with E-state index in [4.69, 9.17) is 10.00 Å². The highest BCUT2D eigenvalue weighted by Crippen LogP contribution is 2.22. The van der Waals surface area contributed by atoms with Gasteiger partial charge in [0.1, 0.15) is 17.4 Å². The van der Waals surface area contributed by atoms with Gasteiger partial charge in [0.2, 0.25) is 0 Å². The smallest absolute Gasteiger partial charge is 0.140 e. The Kier molecular flexibility index (Phi) is 3.63. The van der Waals surface area contributed by atoms with Gasteiger partial charge < -0.3 is 4.74 Å². The van der Waals surface area contributed by atoms with Crippen molar-refractivity contribution in [3.8, 4) is 11.8 Å². The SMILES string of the molecule is Cc1ccc(C#N)cc1OCc1nc(C)c(C)s1. The van der Waals surface area contributed by atoms with Crippen molar-refractivity contribution in [2.24, 2.45) is 0 Å². The molecule has 0 unspecified atom stereocenters. The summed E-state index contributed by atoms with van der Waals surface area (Å²) in [7, 11) is 0. The average Bonchev–Trinajstić information content (AvgIpc) is 2.68. The van der Waals surface area contributed by atoms with Gasteiger partial charge in [-0.3, -0.25) is 0 Å². The standard InChI is InChI=1S/C14H14N2OS/c1-9-4-5-12(7-15)6-13(9)17-8-14-16-10(2)11(3)18-14/h4-6H,8H2,1-3H3. The maximum Gasteiger partial charge on any atom is 0.140 e. The second-order valence-corrected chi connectivity index (χ2v) is 5.42. The minimum absolute atomic E-state index is 0.453. The molecule has 0 amide bonds. The van der Waals surface area contributed by atoms with Gasteiger partial charge in [-0.1, -0.05) is 6.07 Å². The van der Waals surface area contributed by atoms with Crippen LogP contribution in [0.1, 0.15) is 26.7 Å². The maximum atomic E-state index is 8.86. The molecule has 1 aromatic carbocycles. The Labute approximate surface area is 111 Å². The number of nitriles is 1. The minimum Gasteiger partial charge on any atom is -0.486 e. The van der Waals surface area contributed by atoms with Crippen LogP contribution < -0.4 is 4.74 Å². The Morgan fingerprint density at radius 2 is 2.11 bits per heavy atom. The van der Waals surface area contributed by atoms with E-state index in [0.29, 0.717) is 12.2 Å². The molecule has 0 aliphatic heterocycles. The molecular weight excluding hydrogens is 244 g/mol. The fraction of sp³-hybridized carbons (Fsp3) is 0.286. The number of ether oxygens (including phenoxy) is 1. The molecule has 1 heterocycles. The second-order valence-electron chi connectivity index (χ2n) is 4.13. The van der Waals surface area contributed by atoms with Crippen molar-refractivity contribution in [3.63, 3.8) is 0 Å². The minimum atomic E-state index is 0.453. The number of hydrogen-bond acceptors (Lipinski definition) is 4. The second kappa shape index (κ2) is 5.19. The van der Waals surface area contributed by atoms with E-state index in [1.165, 1.54) is 4.88 Å². The fourth-order valence-corrected chi connectivity index (χ4v) is 2.41. The summed E-state index contributed by atoms with van der Waals surface area (Å²) in [4.78, 5) is 5.64. The van der Waals surface area contributed by atoms with Gasteiger partial charge in [0.15, 0.2) is 0 Å². The van der Waals surface area contributed by atoms with Crippen LogP contribution in [0.4, 0.5) is 0 Å². The summed E-state index contributed by atoms with van der Waals surface area (Å²) in [6.07, 6.45) is 0. The van der Waals surface area contributed by atoms with Gasteiger partial charge in [0.05, 0.1) is 17.3 Å². The van der Waals surface area contributed by atoms with Gasteiger partial charge in [0.25, 0.3) is 0 Å². The fourth-order valence-electron chi connectivity index (χ4n) is 1.57. The lowest BCUT2D eigenvalue weighted by Crippen LogP contribution is -1.97. The summed E-state index contributed by atoms with van der Waals surface area (Å²) < 4.78 is 5.73. The third-order valence-electron chi connectivity index (χ3n) is 2.74. The summed E-state index contributed by atoms with van der Waals surface area (Å²) in [6, 6.07) is 7.57. The van der Waals surface area contributed by atoms with Gasteiger partial charge in [-0.15, -0.1) is 11.3 Å². The van der Waals surface area contributed by atoms with Crippen LogP contribution in [0.5, 0.6) is 5.75 Å². The molecule has 3 nitrogen and oxygen atoms in total. The number of aryl methyl sites for hydroxylation is 3. The first-order chi connectivity index (χ1) is 8.60. The molecule has 0 aliphatic rings. The van der Waals surface area contributed by atoms with Crippen LogP contribution in [0.25, 0.3) is 0 Å². The van der Waals surface area contributed by atoms with Gasteiger partial charge in [-0.25, -0.2) is 4.98 Å². The highest BCUT2D eigenvalue weighted by atomic mass is 32.1. The van der Waals surface area contributed by atoms with Crippen LogP contribution in [0.2, 0.25) is 0 Å². The summed E-state index contributed by atoms with van der Waals surface area (Å²) in [6.45, 7) is 6.47. The summed E-state index contributed by atoms with van der Waals surface area (Å²) in [5, 5.41) is 9.83. The largest absolute Gasteiger partial charge is 0.486 e. The van der Waals surface area contributed by atoms with Gasteiger partial charge in [-0.2, -0.15) is 5.26 Å². The third-order valence-corrected chi connectivity index (χ3v) is 3.79. The molecule has 0 aliphatic carbocycles. The zero-order valence-electron chi connectivity index (χ0n) is 10.7. The van der Waals surface area contributed by atoms with Crippen LogP contribution in [-0.4, -0.2) is 4.98 Å². The molecule has 0 radical (unpaired) electrons. The van der Waals surface area contributed by atoms with E-state index in [1.54, 1.807) is 23.5 Å². The van der Waals surface area contributed by atoms with E-state index in [0.717, 1.165) is 22.0 Å². The topological polar surface area (TPSA) is 45.9 Å². The van der Waals surface area contributed by atoms with E-state index in [-0.39, 0.29) is 0 Å². The van der Waals surface area contributed by atoms with E-state index in [1.807, 2.05) is 19.9 Å². The van der Waals surface area contributed by atoms with E-state index in [2.05, 4.69) is 18.0 Å². The first kappa shape index (κ1) is 12.6. The van der Waals surface area contributed by atoms with Crippen LogP contribution in [0.3, 0.4) is 0 Å². The summed E-state index contributed by atoms with van der Waals surface area (Å²) >= 11 is 1.65. The van der Waals surface area contributed by atoms with Crippen LogP contribution in [-0.2, 0) is 6.61 Å². The molecule has 0 atom stereocenters. The Balaban J connectivity index is 2.13. The van der Waals surface area contributed by atoms with Gasteiger partial charge in [0, 0.05) is 4.88 Å². The van der Waals surface area contributed by atoms with E-state index in [9.17, 15) is 0 Å². The number of hydrogen-bond donors (Lipinski definition) is 0. The van der Waals surface area contributed by atoms with Crippen molar-refractivity contribution in [3.05, 3.63) is 44.9 Å². The molecule has 4 heteroatoms. The molecule has 0 saturated carbocycles. The predicted octanol–water partition coefficient (Wildman–Crippen LogP) is 3.52. The lowest BCUT2D eigenvalue weighted by Gasteiger charge is -2.07. The lowest BCUT2D eigenvalue weighted by molar-refractivity contribution is 0.303. The van der Waals surface area contributed by atoms with Crippen LogP contribution in [0, 0.1) is 32.1 Å². The Bertz CT molecular complexity index is 591. The molecule has 0 fully saturated rings. The molecule has 2 aromatic rings. The van der Waals surface area contributed by atoms with Crippen molar-refractivity contribution in [1.82, 2.24) is 4.98 Å². The monoisotopic (exact) mass is 258 g/mol. The predicted molar refractivity (Wildman–Crippen MR) is 71.8 cm³/mol. The van der Waals surface area contributed by atoms with Crippen molar-refractivity contribution in [2.75, 3.05) is 0 Å². The van der Waals surface area contributed by atoms with Crippen molar-refractivity contribution < 1.29 is 4.74 Å².